The van der Waals surface area contributed by atoms with Gasteiger partial charge in [-0.1, -0.05) is 0 Å². The van der Waals surface area contributed by atoms with Crippen LogP contribution in [0.5, 0.6) is 0 Å². The van der Waals surface area contributed by atoms with Gasteiger partial charge in [0.2, 0.25) is 0 Å². The number of fused-ring (bicyclic) bond motifs is 1. The van der Waals surface area contributed by atoms with Crippen molar-refractivity contribution < 1.29 is 13.9 Å². The number of aliphatic hydroxyl groups excluding tert-OH is 1. The summed E-state index contributed by atoms with van der Waals surface area (Å²) in [6, 6.07) is 6.67. The van der Waals surface area contributed by atoms with E-state index in [0.717, 1.165) is 18.6 Å². The topological polar surface area (TPSA) is 56.9 Å². The summed E-state index contributed by atoms with van der Waals surface area (Å²) >= 11 is 0. The highest BCUT2D eigenvalue weighted by Gasteiger charge is 2.25. The summed E-state index contributed by atoms with van der Waals surface area (Å²) < 4.78 is 27.1. The number of pyridine rings is 1. The van der Waals surface area contributed by atoms with Gasteiger partial charge in [0.05, 0.1) is 6.10 Å². The molecule has 1 atom stereocenters. The Morgan fingerprint density at radius 3 is 2.76 bits per heavy atom. The summed E-state index contributed by atoms with van der Waals surface area (Å²) in [4.78, 5) is 4.20. The molecule has 106 valence electrons. The van der Waals surface area contributed by atoms with Crippen LogP contribution in [-0.2, 0) is 6.42 Å². The van der Waals surface area contributed by atoms with Crippen molar-refractivity contribution in [2.45, 2.75) is 25.4 Å². The van der Waals surface area contributed by atoms with Crippen LogP contribution >= 0.6 is 0 Å². The lowest BCUT2D eigenvalue weighted by atomic mass is 9.86. The van der Waals surface area contributed by atoms with Gasteiger partial charge >= 0.3 is 0 Å². The van der Waals surface area contributed by atoms with Crippen LogP contribution in [0.15, 0.2) is 24.3 Å². The van der Waals surface area contributed by atoms with E-state index >= 15 is 0 Å². The molecule has 0 radical (unpaired) electrons. The van der Waals surface area contributed by atoms with E-state index in [4.69, 9.17) is 5.26 Å². The minimum atomic E-state index is -0.742. The molecule has 21 heavy (non-hydrogen) atoms. The average Bonchev–Trinajstić information content (AvgIpc) is 2.46. The van der Waals surface area contributed by atoms with Crippen molar-refractivity contribution in [3.05, 3.63) is 52.9 Å². The predicted octanol–water partition coefficient (Wildman–Crippen LogP) is 3.27. The van der Waals surface area contributed by atoms with Crippen molar-refractivity contribution in [3.63, 3.8) is 0 Å². The van der Waals surface area contributed by atoms with Gasteiger partial charge in [0.25, 0.3) is 0 Å². The number of hydrogen-bond donors (Lipinski definition) is 1. The highest BCUT2D eigenvalue weighted by atomic mass is 19.1. The molecule has 0 bridgehead atoms. The molecule has 0 aliphatic heterocycles. The van der Waals surface area contributed by atoms with Crippen LogP contribution < -0.4 is 0 Å². The van der Waals surface area contributed by atoms with Gasteiger partial charge < -0.3 is 5.11 Å². The fraction of sp³-hybridized carbons (Fsp3) is 0.250. The monoisotopic (exact) mass is 286 g/mol. The third kappa shape index (κ3) is 2.39. The lowest BCUT2D eigenvalue weighted by Gasteiger charge is -2.24. The molecule has 3 nitrogen and oxygen atoms in total. The molecular weight excluding hydrogens is 274 g/mol. The smallest absolute Gasteiger partial charge is 0.141 e. The largest absolute Gasteiger partial charge is 0.388 e. The zero-order valence-electron chi connectivity index (χ0n) is 11.1. The predicted molar refractivity (Wildman–Crippen MR) is 72.2 cm³/mol. The number of halogens is 2. The number of rotatable bonds is 1. The van der Waals surface area contributed by atoms with E-state index in [-0.39, 0.29) is 11.3 Å². The molecule has 1 N–H and O–H groups in total. The van der Waals surface area contributed by atoms with Gasteiger partial charge in [0.1, 0.15) is 23.4 Å². The second-order valence-electron chi connectivity index (χ2n) is 5.06. The Morgan fingerprint density at radius 2 is 2.05 bits per heavy atom. The second kappa shape index (κ2) is 5.23. The van der Waals surface area contributed by atoms with E-state index in [2.05, 4.69) is 4.98 Å². The standard InChI is InChI=1S/C16H12F2N2O/c17-9-4-5-11(13(18)6-9)12-7-10(8-19)20-14-2-1-3-15(21)16(12)14/h4-7,15,21H,1-3H2/t15-/m1/s1. The highest BCUT2D eigenvalue weighted by Crippen LogP contribution is 2.38. The summed E-state index contributed by atoms with van der Waals surface area (Å²) in [5.41, 5.74) is 1.92. The average molecular weight is 286 g/mol. The molecule has 1 aromatic heterocycles. The third-order valence-corrected chi connectivity index (χ3v) is 3.70. The lowest BCUT2D eigenvalue weighted by molar-refractivity contribution is 0.156. The van der Waals surface area contributed by atoms with Crippen LogP contribution in [0.3, 0.4) is 0 Å². The first-order chi connectivity index (χ1) is 10.1. The van der Waals surface area contributed by atoms with Crippen molar-refractivity contribution >= 4 is 0 Å². The quantitative estimate of drug-likeness (QED) is 0.875. The van der Waals surface area contributed by atoms with Crippen LogP contribution in [0.4, 0.5) is 8.78 Å². The SMILES string of the molecule is N#Cc1cc(-c2ccc(F)cc2F)c2c(n1)CCC[C@H]2O. The van der Waals surface area contributed by atoms with Crippen molar-refractivity contribution in [2.24, 2.45) is 0 Å². The van der Waals surface area contributed by atoms with Gasteiger partial charge in [-0.25, -0.2) is 13.8 Å². The molecule has 5 heteroatoms. The van der Waals surface area contributed by atoms with Crippen LogP contribution in [-0.4, -0.2) is 10.1 Å². The molecule has 1 aromatic carbocycles. The molecule has 1 heterocycles. The summed E-state index contributed by atoms with van der Waals surface area (Å²) in [6.07, 6.45) is 1.23. The molecule has 0 unspecified atom stereocenters. The molecule has 0 fully saturated rings. The first-order valence-electron chi connectivity index (χ1n) is 6.67. The lowest BCUT2D eigenvalue weighted by Crippen LogP contribution is -2.14. The van der Waals surface area contributed by atoms with Gasteiger partial charge in [0.15, 0.2) is 0 Å². The van der Waals surface area contributed by atoms with Crippen molar-refractivity contribution in [2.75, 3.05) is 0 Å². The number of nitrogens with zero attached hydrogens (tertiary/aromatic N) is 2. The maximum Gasteiger partial charge on any atom is 0.141 e. The van der Waals surface area contributed by atoms with Gasteiger partial charge in [-0.3, -0.25) is 0 Å². The Bertz CT molecular complexity index is 753. The maximum atomic E-state index is 14.0. The van der Waals surface area contributed by atoms with Crippen LogP contribution in [0.25, 0.3) is 11.1 Å². The summed E-state index contributed by atoms with van der Waals surface area (Å²) in [5, 5.41) is 19.3. The van der Waals surface area contributed by atoms with Crippen molar-refractivity contribution in [1.82, 2.24) is 4.98 Å². The first kappa shape index (κ1) is 13.7. The Kier molecular flexibility index (Phi) is 3.40. The zero-order valence-corrected chi connectivity index (χ0v) is 11.1. The van der Waals surface area contributed by atoms with E-state index in [9.17, 15) is 13.9 Å². The Balaban J connectivity index is 2.28. The molecule has 0 amide bonds. The van der Waals surface area contributed by atoms with E-state index in [1.807, 2.05) is 6.07 Å². The van der Waals surface area contributed by atoms with Gasteiger partial charge in [-0.2, -0.15) is 5.26 Å². The van der Waals surface area contributed by atoms with E-state index in [1.165, 1.54) is 12.1 Å². The summed E-state index contributed by atoms with van der Waals surface area (Å²) in [7, 11) is 0. The van der Waals surface area contributed by atoms with Crippen molar-refractivity contribution in [1.29, 1.82) is 5.26 Å². The molecule has 0 saturated heterocycles. The number of nitriles is 1. The molecular formula is C16H12F2N2O. The number of aromatic nitrogens is 1. The van der Waals surface area contributed by atoms with E-state index in [0.29, 0.717) is 29.7 Å². The molecule has 3 rings (SSSR count). The van der Waals surface area contributed by atoms with Crippen molar-refractivity contribution in [3.8, 4) is 17.2 Å². The van der Waals surface area contributed by atoms with Crippen LogP contribution in [0.1, 0.15) is 35.9 Å². The minimum Gasteiger partial charge on any atom is -0.388 e. The minimum absolute atomic E-state index is 0.168. The van der Waals surface area contributed by atoms with Gasteiger partial charge in [-0.05, 0) is 43.0 Å². The number of aliphatic hydroxyl groups is 1. The Morgan fingerprint density at radius 1 is 1.24 bits per heavy atom. The van der Waals surface area contributed by atoms with Gasteiger partial charge in [0, 0.05) is 22.9 Å². The highest BCUT2D eigenvalue weighted by molar-refractivity contribution is 5.70. The maximum absolute atomic E-state index is 14.0. The zero-order chi connectivity index (χ0) is 15.0. The van der Waals surface area contributed by atoms with E-state index in [1.54, 1.807) is 0 Å². The summed E-state index contributed by atoms with van der Waals surface area (Å²) in [6.45, 7) is 0. The second-order valence-corrected chi connectivity index (χ2v) is 5.06. The molecule has 1 aliphatic rings. The third-order valence-electron chi connectivity index (χ3n) is 3.70. The summed E-state index contributed by atoms with van der Waals surface area (Å²) in [5.74, 6) is -1.38. The number of benzene rings is 1. The molecule has 0 spiro atoms. The molecule has 2 aromatic rings. The Hall–Kier alpha value is -2.32. The fourth-order valence-electron chi connectivity index (χ4n) is 2.77. The van der Waals surface area contributed by atoms with E-state index < -0.39 is 17.7 Å². The first-order valence-corrected chi connectivity index (χ1v) is 6.67. The Labute approximate surface area is 120 Å². The number of hydrogen-bond acceptors (Lipinski definition) is 3. The molecule has 0 saturated carbocycles. The van der Waals surface area contributed by atoms with Crippen LogP contribution in [0.2, 0.25) is 0 Å². The van der Waals surface area contributed by atoms with Gasteiger partial charge in [-0.15, -0.1) is 0 Å². The normalized spacial score (nSPS) is 17.1. The fourth-order valence-corrected chi connectivity index (χ4v) is 2.77. The van der Waals surface area contributed by atoms with Crippen LogP contribution in [0, 0.1) is 23.0 Å². The molecule has 1 aliphatic carbocycles. The number of aryl methyl sites for hydroxylation is 1.